The minimum Gasteiger partial charge on any atom is -0.376 e. The number of para-hydroxylation sites is 1. The zero-order valence-electron chi connectivity index (χ0n) is 13.1. The summed E-state index contributed by atoms with van der Waals surface area (Å²) in [6, 6.07) is 9.15. The molecule has 0 aliphatic carbocycles. The van der Waals surface area contributed by atoms with Gasteiger partial charge in [0, 0.05) is 32.2 Å². The average Bonchev–Trinajstić information content (AvgIpc) is 2.99. The van der Waals surface area contributed by atoms with Crippen molar-refractivity contribution in [1.29, 1.82) is 0 Å². The van der Waals surface area contributed by atoms with E-state index in [1.54, 1.807) is 0 Å². The van der Waals surface area contributed by atoms with Gasteiger partial charge in [0.15, 0.2) is 5.13 Å². The molecule has 2 fully saturated rings. The molecule has 0 saturated carbocycles. The van der Waals surface area contributed by atoms with Crippen LogP contribution in [-0.4, -0.2) is 54.8 Å². The van der Waals surface area contributed by atoms with E-state index in [9.17, 15) is 0 Å². The molecule has 1 aromatic heterocycles. The minimum absolute atomic E-state index is 0.385. The van der Waals surface area contributed by atoms with Gasteiger partial charge in [-0.05, 0) is 31.9 Å². The van der Waals surface area contributed by atoms with E-state index >= 15 is 0 Å². The lowest BCUT2D eigenvalue weighted by molar-refractivity contribution is -0.0373. The minimum atomic E-state index is 0.385. The maximum absolute atomic E-state index is 5.66. The fraction of sp³-hybridized carbons (Fsp3) is 0.588. The van der Waals surface area contributed by atoms with Crippen LogP contribution in [0.25, 0.3) is 10.2 Å². The molecule has 1 unspecified atom stereocenters. The van der Waals surface area contributed by atoms with Gasteiger partial charge in [-0.25, -0.2) is 4.98 Å². The lowest BCUT2D eigenvalue weighted by Gasteiger charge is -2.41. The number of benzene rings is 1. The number of rotatable bonds is 2. The van der Waals surface area contributed by atoms with Gasteiger partial charge in [0.1, 0.15) is 0 Å². The normalized spacial score (nSPS) is 25.0. The third kappa shape index (κ3) is 2.85. The molecule has 2 saturated heterocycles. The molecule has 2 aliphatic heterocycles. The highest BCUT2D eigenvalue weighted by Gasteiger charge is 2.28. The van der Waals surface area contributed by atoms with Gasteiger partial charge in [0.25, 0.3) is 0 Å². The smallest absolute Gasteiger partial charge is 0.186 e. The maximum atomic E-state index is 5.66. The number of hydrogen-bond donors (Lipinski definition) is 0. The fourth-order valence-electron chi connectivity index (χ4n) is 3.59. The molecule has 4 rings (SSSR count). The summed E-state index contributed by atoms with van der Waals surface area (Å²) in [5.74, 6) is 0. The summed E-state index contributed by atoms with van der Waals surface area (Å²) in [4.78, 5) is 9.89. The predicted octanol–water partition coefficient (Wildman–Crippen LogP) is 2.99. The van der Waals surface area contributed by atoms with Crippen LogP contribution in [0.2, 0.25) is 0 Å². The van der Waals surface area contributed by atoms with E-state index in [0.717, 1.165) is 44.3 Å². The number of piperidine rings is 1. The van der Waals surface area contributed by atoms with E-state index in [0.29, 0.717) is 6.10 Å². The number of morpholine rings is 1. The third-order valence-corrected chi connectivity index (χ3v) is 5.90. The largest absolute Gasteiger partial charge is 0.376 e. The number of thiazole rings is 1. The van der Waals surface area contributed by atoms with Crippen LogP contribution >= 0.6 is 11.3 Å². The van der Waals surface area contributed by atoms with Gasteiger partial charge in [-0.2, -0.15) is 0 Å². The first-order valence-electron chi connectivity index (χ1n) is 8.26. The van der Waals surface area contributed by atoms with Gasteiger partial charge in [-0.15, -0.1) is 0 Å². The highest BCUT2D eigenvalue weighted by molar-refractivity contribution is 7.22. The van der Waals surface area contributed by atoms with Crippen molar-refractivity contribution in [2.45, 2.75) is 31.9 Å². The van der Waals surface area contributed by atoms with Gasteiger partial charge in [-0.3, -0.25) is 4.90 Å². The van der Waals surface area contributed by atoms with Gasteiger partial charge in [-0.1, -0.05) is 23.5 Å². The van der Waals surface area contributed by atoms with Crippen LogP contribution in [0, 0.1) is 0 Å². The molecule has 3 heterocycles. The van der Waals surface area contributed by atoms with Crippen LogP contribution < -0.4 is 4.90 Å². The summed E-state index contributed by atoms with van der Waals surface area (Å²) < 4.78 is 6.96. The zero-order valence-corrected chi connectivity index (χ0v) is 13.9. The molecule has 0 amide bonds. The number of fused-ring (bicyclic) bond motifs is 1. The molecule has 4 nitrogen and oxygen atoms in total. The molecule has 5 heteroatoms. The Labute approximate surface area is 135 Å². The summed E-state index contributed by atoms with van der Waals surface area (Å²) in [6.07, 6.45) is 2.86. The molecule has 0 radical (unpaired) electrons. The standard InChI is InChI=1S/C17H23N3OS/c1-13-12-20(10-11-21-13)14-6-8-19(9-7-14)17-18-15-4-2-3-5-16(15)22-17/h2-5,13-14H,6-12H2,1H3. The van der Waals surface area contributed by atoms with E-state index in [-0.39, 0.29) is 0 Å². The van der Waals surface area contributed by atoms with Crippen LogP contribution in [0.4, 0.5) is 5.13 Å². The van der Waals surface area contributed by atoms with Gasteiger partial charge in [0.05, 0.1) is 22.9 Å². The maximum Gasteiger partial charge on any atom is 0.186 e. The third-order valence-electron chi connectivity index (χ3n) is 4.81. The fourth-order valence-corrected chi connectivity index (χ4v) is 4.61. The van der Waals surface area contributed by atoms with Crippen LogP contribution in [0.3, 0.4) is 0 Å². The van der Waals surface area contributed by atoms with Crippen LogP contribution in [0.15, 0.2) is 24.3 Å². The monoisotopic (exact) mass is 317 g/mol. The van der Waals surface area contributed by atoms with Crippen molar-refractivity contribution in [3.05, 3.63) is 24.3 Å². The van der Waals surface area contributed by atoms with Crippen LogP contribution in [0.5, 0.6) is 0 Å². The average molecular weight is 317 g/mol. The lowest BCUT2D eigenvalue weighted by atomic mass is 10.0. The van der Waals surface area contributed by atoms with E-state index < -0.39 is 0 Å². The highest BCUT2D eigenvalue weighted by Crippen LogP contribution is 2.31. The van der Waals surface area contributed by atoms with Crippen molar-refractivity contribution in [3.63, 3.8) is 0 Å². The Balaban J connectivity index is 1.41. The summed E-state index contributed by atoms with van der Waals surface area (Å²) in [5, 5.41) is 1.19. The van der Waals surface area contributed by atoms with E-state index in [1.165, 1.54) is 22.7 Å². The van der Waals surface area contributed by atoms with Crippen molar-refractivity contribution in [2.75, 3.05) is 37.7 Å². The summed E-state index contributed by atoms with van der Waals surface area (Å²) in [7, 11) is 0. The number of ether oxygens (including phenoxy) is 1. The van der Waals surface area contributed by atoms with Crippen molar-refractivity contribution in [1.82, 2.24) is 9.88 Å². The molecule has 1 aromatic carbocycles. The zero-order chi connectivity index (χ0) is 14.9. The first kappa shape index (κ1) is 14.4. The van der Waals surface area contributed by atoms with Crippen molar-refractivity contribution < 1.29 is 4.74 Å². The molecule has 22 heavy (non-hydrogen) atoms. The first-order chi connectivity index (χ1) is 10.8. The molecule has 118 valence electrons. The summed E-state index contributed by atoms with van der Waals surface area (Å²) in [5.41, 5.74) is 1.13. The highest BCUT2D eigenvalue weighted by atomic mass is 32.1. The van der Waals surface area contributed by atoms with Crippen molar-refractivity contribution >= 4 is 26.7 Å². The van der Waals surface area contributed by atoms with Crippen molar-refractivity contribution in [3.8, 4) is 0 Å². The predicted molar refractivity (Wildman–Crippen MR) is 91.8 cm³/mol. The Bertz CT molecular complexity index is 603. The molecule has 1 atom stereocenters. The van der Waals surface area contributed by atoms with Gasteiger partial charge >= 0.3 is 0 Å². The van der Waals surface area contributed by atoms with Crippen molar-refractivity contribution in [2.24, 2.45) is 0 Å². The van der Waals surface area contributed by atoms with Crippen LogP contribution in [0.1, 0.15) is 19.8 Å². The van der Waals surface area contributed by atoms with E-state index in [4.69, 9.17) is 9.72 Å². The summed E-state index contributed by atoms with van der Waals surface area (Å²) >= 11 is 1.82. The van der Waals surface area contributed by atoms with Gasteiger partial charge < -0.3 is 9.64 Å². The second-order valence-corrected chi connectivity index (χ2v) is 7.37. The number of nitrogens with zero attached hydrogens (tertiary/aromatic N) is 3. The van der Waals surface area contributed by atoms with E-state index in [2.05, 4.69) is 41.0 Å². The molecule has 2 aromatic rings. The lowest BCUT2D eigenvalue weighted by Crippen LogP contribution is -2.51. The molecular formula is C17H23N3OS. The first-order valence-corrected chi connectivity index (χ1v) is 9.07. The molecule has 0 N–H and O–H groups in total. The Kier molecular flexibility index (Phi) is 4.03. The molecule has 0 spiro atoms. The SMILES string of the molecule is CC1CN(C2CCN(c3nc4ccccc4s3)CC2)CCO1. The van der Waals surface area contributed by atoms with Crippen LogP contribution in [-0.2, 0) is 4.74 Å². The second kappa shape index (κ2) is 6.14. The Hall–Kier alpha value is -1.17. The van der Waals surface area contributed by atoms with E-state index in [1.807, 2.05) is 11.3 Å². The molecule has 0 bridgehead atoms. The quantitative estimate of drug-likeness (QED) is 0.851. The number of hydrogen-bond acceptors (Lipinski definition) is 5. The second-order valence-electron chi connectivity index (χ2n) is 6.36. The van der Waals surface area contributed by atoms with Gasteiger partial charge in [0.2, 0.25) is 0 Å². The number of aromatic nitrogens is 1. The Morgan fingerprint density at radius 3 is 2.77 bits per heavy atom. The topological polar surface area (TPSA) is 28.6 Å². The molecule has 2 aliphatic rings. The molecular weight excluding hydrogens is 294 g/mol. The number of anilines is 1. The Morgan fingerprint density at radius 1 is 1.18 bits per heavy atom. The summed E-state index contributed by atoms with van der Waals surface area (Å²) in [6.45, 7) is 7.50. The Morgan fingerprint density at radius 2 is 2.00 bits per heavy atom.